The summed E-state index contributed by atoms with van der Waals surface area (Å²) in [6.45, 7) is 8.11. The van der Waals surface area contributed by atoms with E-state index < -0.39 is 0 Å². The second-order valence-electron chi connectivity index (χ2n) is 6.19. The first-order valence-corrected chi connectivity index (χ1v) is 6.91. The van der Waals surface area contributed by atoms with E-state index in [0.29, 0.717) is 12.2 Å². The van der Waals surface area contributed by atoms with E-state index in [9.17, 15) is 9.59 Å². The Morgan fingerprint density at radius 1 is 1.22 bits per heavy atom. The third-order valence-electron chi connectivity index (χ3n) is 5.36. The quantitative estimate of drug-likeness (QED) is 0.488. The summed E-state index contributed by atoms with van der Waals surface area (Å²) in [4.78, 5) is 23.7. The minimum absolute atomic E-state index is 0.00968. The number of hydrogen-bond acceptors (Lipinski definition) is 3. The fourth-order valence-electron chi connectivity index (χ4n) is 4.14. The maximum absolute atomic E-state index is 12.0. The van der Waals surface area contributed by atoms with Crippen molar-refractivity contribution < 1.29 is 14.3 Å². The van der Waals surface area contributed by atoms with Gasteiger partial charge in [-0.15, -0.1) is 0 Å². The predicted molar refractivity (Wildman–Crippen MR) is 66.7 cm³/mol. The van der Waals surface area contributed by atoms with Crippen LogP contribution in [0.3, 0.4) is 0 Å². The van der Waals surface area contributed by atoms with E-state index in [2.05, 4.69) is 6.58 Å². The van der Waals surface area contributed by atoms with Crippen molar-refractivity contribution in [3.05, 3.63) is 12.2 Å². The normalized spacial score (nSPS) is 47.6. The molecule has 18 heavy (non-hydrogen) atoms. The molecular weight excluding hydrogens is 228 g/mol. The van der Waals surface area contributed by atoms with E-state index in [1.807, 2.05) is 13.8 Å². The maximum atomic E-state index is 12.0. The van der Waals surface area contributed by atoms with Crippen molar-refractivity contribution in [1.82, 2.24) is 0 Å². The summed E-state index contributed by atoms with van der Waals surface area (Å²) in [7, 11) is 0. The summed E-state index contributed by atoms with van der Waals surface area (Å²) in [6, 6.07) is 0. The van der Waals surface area contributed by atoms with E-state index in [0.717, 1.165) is 12.8 Å². The molecule has 3 rings (SSSR count). The van der Waals surface area contributed by atoms with Crippen molar-refractivity contribution in [2.75, 3.05) is 0 Å². The van der Waals surface area contributed by atoms with Gasteiger partial charge in [-0.05, 0) is 18.8 Å². The highest BCUT2D eigenvalue weighted by Crippen LogP contribution is 2.51. The van der Waals surface area contributed by atoms with Crippen LogP contribution in [0.15, 0.2) is 12.2 Å². The Bertz CT molecular complexity index is 425. The Balaban J connectivity index is 1.98. The zero-order valence-electron chi connectivity index (χ0n) is 11.0. The van der Waals surface area contributed by atoms with Gasteiger partial charge in [0.1, 0.15) is 11.9 Å². The standard InChI is InChI=1S/C15H20O3/c1-7-4-5-10-8(2)15(17)18-14(10)13-9(3)12(16)6-11(7)13/h8-11,13-14H,1,4-6H2,2-3H3/t8-,9+,10?,11-,13-,14-/m0/s1. The van der Waals surface area contributed by atoms with Crippen LogP contribution in [0.2, 0.25) is 0 Å². The van der Waals surface area contributed by atoms with E-state index >= 15 is 0 Å². The van der Waals surface area contributed by atoms with Gasteiger partial charge in [-0.1, -0.05) is 26.0 Å². The van der Waals surface area contributed by atoms with Gasteiger partial charge in [-0.2, -0.15) is 0 Å². The number of hydrogen-bond donors (Lipinski definition) is 0. The van der Waals surface area contributed by atoms with Gasteiger partial charge in [0.25, 0.3) is 0 Å². The van der Waals surface area contributed by atoms with Crippen molar-refractivity contribution >= 4 is 11.8 Å². The number of ketones is 1. The zero-order chi connectivity index (χ0) is 13.0. The number of allylic oxidation sites excluding steroid dienone is 1. The molecule has 3 nitrogen and oxygen atoms in total. The van der Waals surface area contributed by atoms with Crippen LogP contribution in [0.5, 0.6) is 0 Å². The average molecular weight is 248 g/mol. The molecule has 0 aromatic rings. The fraction of sp³-hybridized carbons (Fsp3) is 0.733. The minimum atomic E-state index is -0.0807. The largest absolute Gasteiger partial charge is 0.461 e. The molecule has 0 spiro atoms. The topological polar surface area (TPSA) is 43.4 Å². The summed E-state index contributed by atoms with van der Waals surface area (Å²) in [6.07, 6.45) is 2.45. The van der Waals surface area contributed by atoms with E-state index in [4.69, 9.17) is 4.74 Å². The highest BCUT2D eigenvalue weighted by molar-refractivity contribution is 5.84. The first kappa shape index (κ1) is 11.9. The number of esters is 1. The first-order valence-electron chi connectivity index (χ1n) is 6.91. The smallest absolute Gasteiger partial charge is 0.309 e. The number of fused-ring (bicyclic) bond motifs is 3. The molecule has 3 fully saturated rings. The number of carbonyl (C=O) groups is 2. The van der Waals surface area contributed by atoms with Crippen molar-refractivity contribution in [2.24, 2.45) is 29.6 Å². The van der Waals surface area contributed by atoms with Crippen molar-refractivity contribution in [3.8, 4) is 0 Å². The molecule has 3 heteroatoms. The molecule has 0 radical (unpaired) electrons. The lowest BCUT2D eigenvalue weighted by atomic mass is 9.78. The SMILES string of the molecule is C=C1CCC2[C@H](C)C(=O)O[C@@H]2[C@H]2[C@H](C)C(=O)C[C@@H]12. The third-order valence-corrected chi connectivity index (χ3v) is 5.36. The van der Waals surface area contributed by atoms with Crippen LogP contribution in [0.4, 0.5) is 0 Å². The molecule has 1 saturated heterocycles. The summed E-state index contributed by atoms with van der Waals surface area (Å²) >= 11 is 0. The maximum Gasteiger partial charge on any atom is 0.309 e. The minimum Gasteiger partial charge on any atom is -0.461 e. The Kier molecular flexibility index (Phi) is 2.61. The lowest BCUT2D eigenvalue weighted by Gasteiger charge is -2.28. The lowest BCUT2D eigenvalue weighted by Crippen LogP contribution is -2.32. The zero-order valence-corrected chi connectivity index (χ0v) is 11.0. The highest BCUT2D eigenvalue weighted by Gasteiger charge is 2.55. The molecule has 0 N–H and O–H groups in total. The van der Waals surface area contributed by atoms with Crippen LogP contribution in [-0.4, -0.2) is 17.9 Å². The van der Waals surface area contributed by atoms with Gasteiger partial charge < -0.3 is 4.74 Å². The molecule has 0 amide bonds. The van der Waals surface area contributed by atoms with Crippen LogP contribution in [0.1, 0.15) is 33.1 Å². The van der Waals surface area contributed by atoms with Crippen molar-refractivity contribution in [3.63, 3.8) is 0 Å². The van der Waals surface area contributed by atoms with Crippen LogP contribution < -0.4 is 0 Å². The lowest BCUT2D eigenvalue weighted by molar-refractivity contribution is -0.146. The molecular formula is C15H20O3. The van der Waals surface area contributed by atoms with Crippen molar-refractivity contribution in [1.29, 1.82) is 0 Å². The molecule has 6 atom stereocenters. The summed E-state index contributed by atoms with van der Waals surface area (Å²) in [5, 5.41) is 0. The number of Topliss-reactive ketones (excluding diaryl/α,β-unsaturated/α-hetero) is 1. The van der Waals surface area contributed by atoms with Crippen LogP contribution in [0, 0.1) is 29.6 Å². The van der Waals surface area contributed by atoms with Gasteiger partial charge in [0, 0.05) is 24.2 Å². The molecule has 2 aliphatic carbocycles. The second-order valence-corrected chi connectivity index (χ2v) is 6.19. The molecule has 98 valence electrons. The molecule has 0 bridgehead atoms. The number of ether oxygens (including phenoxy) is 1. The number of rotatable bonds is 0. The molecule has 1 aliphatic heterocycles. The van der Waals surface area contributed by atoms with Gasteiger partial charge >= 0.3 is 5.97 Å². The predicted octanol–water partition coefficient (Wildman–Crippen LogP) is 2.36. The summed E-state index contributed by atoms with van der Waals surface area (Å²) in [5.41, 5.74) is 1.19. The second kappa shape index (κ2) is 3.94. The van der Waals surface area contributed by atoms with Gasteiger partial charge in [-0.25, -0.2) is 0 Å². The van der Waals surface area contributed by atoms with Crippen LogP contribution >= 0.6 is 0 Å². The summed E-state index contributed by atoms with van der Waals surface area (Å²) in [5.74, 6) is 0.898. The van der Waals surface area contributed by atoms with Crippen molar-refractivity contribution in [2.45, 2.75) is 39.2 Å². The molecule has 2 saturated carbocycles. The van der Waals surface area contributed by atoms with Gasteiger partial charge in [0.15, 0.2) is 0 Å². The van der Waals surface area contributed by atoms with Crippen LogP contribution in [0.25, 0.3) is 0 Å². The van der Waals surface area contributed by atoms with Gasteiger partial charge in [0.05, 0.1) is 5.92 Å². The Hall–Kier alpha value is -1.12. The summed E-state index contributed by atoms with van der Waals surface area (Å²) < 4.78 is 5.61. The molecule has 0 aromatic carbocycles. The monoisotopic (exact) mass is 248 g/mol. The van der Waals surface area contributed by atoms with E-state index in [1.54, 1.807) is 0 Å². The van der Waals surface area contributed by atoms with E-state index in [-0.39, 0.29) is 41.7 Å². The third kappa shape index (κ3) is 1.49. The van der Waals surface area contributed by atoms with Crippen LogP contribution in [-0.2, 0) is 14.3 Å². The Morgan fingerprint density at radius 3 is 2.67 bits per heavy atom. The fourth-order valence-corrected chi connectivity index (χ4v) is 4.14. The number of carbonyl (C=O) groups excluding carboxylic acids is 2. The molecule has 1 heterocycles. The van der Waals surface area contributed by atoms with Gasteiger partial charge in [-0.3, -0.25) is 9.59 Å². The first-order chi connectivity index (χ1) is 8.50. The molecule has 0 aromatic heterocycles. The molecule has 1 unspecified atom stereocenters. The Labute approximate surface area is 108 Å². The highest BCUT2D eigenvalue weighted by atomic mass is 16.6. The average Bonchev–Trinajstić information content (AvgIpc) is 2.72. The van der Waals surface area contributed by atoms with E-state index in [1.165, 1.54) is 5.57 Å². The Morgan fingerprint density at radius 2 is 1.94 bits per heavy atom. The molecule has 3 aliphatic rings. The van der Waals surface area contributed by atoms with Gasteiger partial charge in [0.2, 0.25) is 0 Å².